The first-order valence-corrected chi connectivity index (χ1v) is 17.6. The topological polar surface area (TPSA) is 188 Å². The molecule has 0 bridgehead atoms. The summed E-state index contributed by atoms with van der Waals surface area (Å²) in [6.07, 6.45) is 1.97. The van der Waals surface area contributed by atoms with Crippen LogP contribution in [0, 0.1) is 0 Å². The molecule has 0 saturated heterocycles. The standard InChI is InChI=1S/C36H30ClN7O7S/c1-38-33(46)28-9-5-6-10-30(28)41-32-29(37)22-39-36(42-32)40-25-15-11-24(12-16-25)21-31(45)49-20-19-23-13-17-26(18-14-23)50-34-35(44-51-43-34)52(47,48)27-7-3-2-4-8-27/h2-18,22H,19-21H2,1H3,(H,38,46)(H2,39,40,41,42). The summed E-state index contributed by atoms with van der Waals surface area (Å²) in [6, 6.07) is 28.7. The monoisotopic (exact) mass is 739 g/mol. The van der Waals surface area contributed by atoms with Crippen molar-refractivity contribution in [1.29, 1.82) is 0 Å². The van der Waals surface area contributed by atoms with E-state index in [1.165, 1.54) is 18.3 Å². The van der Waals surface area contributed by atoms with Gasteiger partial charge in [-0.1, -0.05) is 66.2 Å². The highest BCUT2D eigenvalue weighted by molar-refractivity contribution is 7.91. The first-order chi connectivity index (χ1) is 25.2. The van der Waals surface area contributed by atoms with Crippen molar-refractivity contribution in [3.05, 3.63) is 131 Å². The highest BCUT2D eigenvalue weighted by atomic mass is 35.5. The lowest BCUT2D eigenvalue weighted by Gasteiger charge is -2.13. The van der Waals surface area contributed by atoms with Crippen molar-refractivity contribution in [3.63, 3.8) is 0 Å². The van der Waals surface area contributed by atoms with Crippen LogP contribution in [0.5, 0.6) is 11.6 Å². The molecule has 0 aliphatic carbocycles. The van der Waals surface area contributed by atoms with Crippen LogP contribution in [0.25, 0.3) is 0 Å². The van der Waals surface area contributed by atoms with Gasteiger partial charge in [-0.05, 0) is 70.0 Å². The molecule has 6 aromatic rings. The van der Waals surface area contributed by atoms with Crippen LogP contribution in [0.2, 0.25) is 5.02 Å². The maximum Gasteiger partial charge on any atom is 0.310 e. The smallest absolute Gasteiger partial charge is 0.310 e. The Balaban J connectivity index is 0.975. The van der Waals surface area contributed by atoms with E-state index in [0.29, 0.717) is 34.9 Å². The van der Waals surface area contributed by atoms with Crippen molar-refractivity contribution in [1.82, 2.24) is 25.6 Å². The van der Waals surface area contributed by atoms with Crippen LogP contribution in [0.3, 0.4) is 0 Å². The number of para-hydroxylation sites is 1. The number of hydrogen-bond acceptors (Lipinski definition) is 13. The Hall–Kier alpha value is -6.32. The Kier molecular flexibility index (Phi) is 11.0. The highest BCUT2D eigenvalue weighted by Gasteiger charge is 2.28. The number of amides is 1. The van der Waals surface area contributed by atoms with Crippen LogP contribution in [0.15, 0.2) is 124 Å². The van der Waals surface area contributed by atoms with E-state index in [4.69, 9.17) is 21.1 Å². The Morgan fingerprint density at radius 2 is 1.56 bits per heavy atom. The maximum absolute atomic E-state index is 12.9. The minimum Gasteiger partial charge on any atom is -0.465 e. The van der Waals surface area contributed by atoms with Crippen LogP contribution in [0.4, 0.5) is 23.1 Å². The quantitative estimate of drug-likeness (QED) is 0.106. The molecule has 264 valence electrons. The van der Waals surface area contributed by atoms with Gasteiger partial charge in [0.15, 0.2) is 5.82 Å². The molecule has 0 unspecified atom stereocenters. The molecule has 4 aromatic carbocycles. The van der Waals surface area contributed by atoms with Crippen molar-refractivity contribution in [2.45, 2.75) is 22.8 Å². The maximum atomic E-state index is 12.9. The van der Waals surface area contributed by atoms with Gasteiger partial charge in [0, 0.05) is 19.2 Å². The molecule has 0 aliphatic heterocycles. The normalized spacial score (nSPS) is 11.0. The Morgan fingerprint density at radius 3 is 2.31 bits per heavy atom. The third-order valence-electron chi connectivity index (χ3n) is 7.48. The minimum atomic E-state index is -3.99. The van der Waals surface area contributed by atoms with Gasteiger partial charge in [0.1, 0.15) is 10.8 Å². The van der Waals surface area contributed by atoms with E-state index in [0.717, 1.165) is 11.1 Å². The number of rotatable bonds is 14. The molecular weight excluding hydrogens is 710 g/mol. The number of aromatic nitrogens is 4. The van der Waals surface area contributed by atoms with Crippen LogP contribution >= 0.6 is 11.6 Å². The van der Waals surface area contributed by atoms with Crippen LogP contribution in [0.1, 0.15) is 21.5 Å². The largest absolute Gasteiger partial charge is 0.465 e. The molecule has 52 heavy (non-hydrogen) atoms. The first-order valence-electron chi connectivity index (χ1n) is 15.7. The second kappa shape index (κ2) is 16.1. The molecule has 0 radical (unpaired) electrons. The summed E-state index contributed by atoms with van der Waals surface area (Å²) in [4.78, 5) is 33.5. The number of anilines is 4. The summed E-state index contributed by atoms with van der Waals surface area (Å²) in [5.41, 5.74) is 3.26. The number of sulfone groups is 1. The average molecular weight is 740 g/mol. The van der Waals surface area contributed by atoms with E-state index < -0.39 is 14.9 Å². The van der Waals surface area contributed by atoms with Gasteiger partial charge in [-0.2, -0.15) is 4.98 Å². The van der Waals surface area contributed by atoms with Crippen LogP contribution in [-0.4, -0.2) is 54.2 Å². The van der Waals surface area contributed by atoms with Gasteiger partial charge in [-0.3, -0.25) is 9.59 Å². The van der Waals surface area contributed by atoms with Gasteiger partial charge in [0.2, 0.25) is 15.8 Å². The number of carbonyl (C=O) groups excluding carboxylic acids is 2. The first kappa shape index (κ1) is 35.5. The van der Waals surface area contributed by atoms with Crippen LogP contribution < -0.4 is 20.7 Å². The summed E-state index contributed by atoms with van der Waals surface area (Å²) < 4.78 is 41.6. The third kappa shape index (κ3) is 8.69. The third-order valence-corrected chi connectivity index (χ3v) is 9.41. The number of ether oxygens (including phenoxy) is 2. The Bertz CT molecular complexity index is 2290. The molecule has 3 N–H and O–H groups in total. The molecular formula is C36H30ClN7O7S. The second-order valence-corrected chi connectivity index (χ2v) is 13.3. The van der Waals surface area contributed by atoms with E-state index in [-0.39, 0.29) is 46.7 Å². The van der Waals surface area contributed by atoms with E-state index in [2.05, 4.69) is 40.9 Å². The van der Waals surface area contributed by atoms with Crippen molar-refractivity contribution in [3.8, 4) is 11.6 Å². The van der Waals surface area contributed by atoms with Crippen molar-refractivity contribution >= 4 is 56.5 Å². The fourth-order valence-corrected chi connectivity index (χ4v) is 6.17. The lowest BCUT2D eigenvalue weighted by molar-refractivity contribution is -0.142. The highest BCUT2D eigenvalue weighted by Crippen LogP contribution is 2.30. The second-order valence-electron chi connectivity index (χ2n) is 11.0. The fraction of sp³-hybridized carbons (Fsp3) is 0.111. The Morgan fingerprint density at radius 1 is 0.846 bits per heavy atom. The van der Waals surface area contributed by atoms with Crippen molar-refractivity contribution < 1.29 is 32.1 Å². The number of hydrogen-bond donors (Lipinski definition) is 3. The summed E-state index contributed by atoms with van der Waals surface area (Å²) in [5, 5.41) is 15.8. The molecule has 0 fully saturated rings. The van der Waals surface area contributed by atoms with Gasteiger partial charge >= 0.3 is 11.8 Å². The zero-order valence-electron chi connectivity index (χ0n) is 27.4. The fourth-order valence-electron chi connectivity index (χ4n) is 4.85. The predicted octanol–water partition coefficient (Wildman–Crippen LogP) is 6.31. The summed E-state index contributed by atoms with van der Waals surface area (Å²) in [6.45, 7) is 0.156. The molecule has 0 saturated carbocycles. The van der Waals surface area contributed by atoms with E-state index in [1.807, 2.05) is 0 Å². The van der Waals surface area contributed by atoms with E-state index >= 15 is 0 Å². The lowest BCUT2D eigenvalue weighted by atomic mass is 10.1. The van der Waals surface area contributed by atoms with Crippen molar-refractivity contribution in [2.75, 3.05) is 24.3 Å². The number of carbonyl (C=O) groups is 2. The molecule has 14 nitrogen and oxygen atoms in total. The molecule has 0 aliphatic rings. The lowest BCUT2D eigenvalue weighted by Crippen LogP contribution is -2.19. The molecule has 2 aromatic heterocycles. The zero-order valence-corrected chi connectivity index (χ0v) is 29.0. The molecule has 6 rings (SSSR count). The number of nitrogens with one attached hydrogen (secondary N) is 3. The van der Waals surface area contributed by atoms with Gasteiger partial charge in [-0.15, -0.1) is 0 Å². The molecule has 16 heteroatoms. The number of esters is 1. The summed E-state index contributed by atoms with van der Waals surface area (Å²) in [7, 11) is -2.44. The van der Waals surface area contributed by atoms with Crippen molar-refractivity contribution in [2.24, 2.45) is 0 Å². The average Bonchev–Trinajstić information content (AvgIpc) is 3.64. The number of halogens is 1. The minimum absolute atomic E-state index is 0.0334. The van der Waals surface area contributed by atoms with Crippen LogP contribution in [-0.2, 0) is 32.2 Å². The molecule has 0 spiro atoms. The molecule has 0 atom stereocenters. The van der Waals surface area contributed by atoms with E-state index in [1.54, 1.807) is 98.0 Å². The molecule has 1 amide bonds. The predicted molar refractivity (Wildman–Crippen MR) is 191 cm³/mol. The van der Waals surface area contributed by atoms with Gasteiger partial charge < -0.3 is 25.4 Å². The van der Waals surface area contributed by atoms with Gasteiger partial charge in [-0.25, -0.2) is 18.0 Å². The Labute approximate surface area is 303 Å². The van der Waals surface area contributed by atoms with Gasteiger partial charge in [0.05, 0.1) is 35.4 Å². The zero-order chi connectivity index (χ0) is 36.5. The number of benzene rings is 4. The number of nitrogens with zero attached hydrogens (tertiary/aromatic N) is 4. The van der Waals surface area contributed by atoms with Gasteiger partial charge in [0.25, 0.3) is 10.9 Å². The van der Waals surface area contributed by atoms with E-state index in [9.17, 15) is 18.0 Å². The summed E-state index contributed by atoms with van der Waals surface area (Å²) >= 11 is 6.33. The summed E-state index contributed by atoms with van der Waals surface area (Å²) in [5.74, 6) is -0.0209. The molecule has 2 heterocycles. The SMILES string of the molecule is CNC(=O)c1ccccc1Nc1nc(Nc2ccc(CC(=O)OCCc3ccc(Oc4nonc4S(=O)(=O)c4ccccc4)cc3)cc2)ncc1Cl.